The number of likely N-dealkylation sites (tertiary alicyclic amines) is 1. The van der Waals surface area contributed by atoms with Crippen molar-refractivity contribution in [2.24, 2.45) is 0 Å². The minimum Gasteiger partial charge on any atom is -0.444 e. The third-order valence-corrected chi connectivity index (χ3v) is 5.97. The van der Waals surface area contributed by atoms with E-state index in [2.05, 4.69) is 20.2 Å². The van der Waals surface area contributed by atoms with Crippen LogP contribution < -0.4 is 5.56 Å². The minimum atomic E-state index is -3.32. The van der Waals surface area contributed by atoms with Crippen molar-refractivity contribution in [1.82, 2.24) is 29.6 Å². The van der Waals surface area contributed by atoms with Crippen LogP contribution in [0.4, 0.5) is 4.79 Å². The molecule has 0 bridgehead atoms. The van der Waals surface area contributed by atoms with Gasteiger partial charge in [-0.25, -0.2) is 17.7 Å². The molecule has 0 spiro atoms. The van der Waals surface area contributed by atoms with Crippen LogP contribution in [0.1, 0.15) is 51.0 Å². The Morgan fingerprint density at radius 3 is 2.64 bits per heavy atom. The van der Waals surface area contributed by atoms with Gasteiger partial charge in [-0.2, -0.15) is 10.1 Å². The molecule has 0 radical (unpaired) electrons. The molecular formula is C20H26N6O6S. The second-order valence-electron chi connectivity index (χ2n) is 9.20. The van der Waals surface area contributed by atoms with Crippen molar-refractivity contribution in [3.63, 3.8) is 0 Å². The number of aromatic amines is 1. The monoisotopic (exact) mass is 478 g/mol. The molecule has 1 amide bonds. The van der Waals surface area contributed by atoms with Crippen LogP contribution in [0.25, 0.3) is 17.1 Å². The Kier molecular flexibility index (Phi) is 5.76. The molecule has 0 aliphatic carbocycles. The number of H-pyrrole nitrogens is 1. The van der Waals surface area contributed by atoms with Gasteiger partial charge in [-0.1, -0.05) is 5.16 Å². The molecule has 0 saturated carbocycles. The first kappa shape index (κ1) is 23.0. The number of fused-ring (bicyclic) bond motifs is 1. The van der Waals surface area contributed by atoms with Crippen LogP contribution in [0, 0.1) is 0 Å². The Balaban J connectivity index is 1.58. The number of amides is 1. The van der Waals surface area contributed by atoms with E-state index in [1.54, 1.807) is 9.42 Å². The van der Waals surface area contributed by atoms with Gasteiger partial charge in [0.15, 0.2) is 15.7 Å². The van der Waals surface area contributed by atoms with Crippen molar-refractivity contribution >= 4 is 21.6 Å². The number of sulfone groups is 1. The van der Waals surface area contributed by atoms with Gasteiger partial charge in [0.1, 0.15) is 22.6 Å². The summed E-state index contributed by atoms with van der Waals surface area (Å²) in [6.45, 7) is 6.48. The van der Waals surface area contributed by atoms with Crippen molar-refractivity contribution in [2.75, 3.05) is 19.3 Å². The standard InChI is InChI=1S/C20H26N6O6S/c1-20(2,3)31-19(28)25-7-5-12(6-8-25)14-9-16(27)23-17-13(10-21-26(14)17)18-22-15(24-32-18)11-33(4,29)30/h9-10,12H,5-8,11H2,1-4H3,(H,23,27). The van der Waals surface area contributed by atoms with Gasteiger partial charge in [-0.3, -0.25) is 4.79 Å². The molecule has 0 unspecified atom stereocenters. The predicted molar refractivity (Wildman–Crippen MR) is 117 cm³/mol. The van der Waals surface area contributed by atoms with Gasteiger partial charge in [0, 0.05) is 31.3 Å². The quantitative estimate of drug-likeness (QED) is 0.590. The molecule has 13 heteroatoms. The lowest BCUT2D eigenvalue weighted by Crippen LogP contribution is -2.41. The molecule has 1 aliphatic rings. The van der Waals surface area contributed by atoms with Crippen molar-refractivity contribution in [1.29, 1.82) is 0 Å². The normalized spacial score (nSPS) is 15.8. The number of rotatable bonds is 4. The number of carbonyl (C=O) groups excluding carboxylic acids is 1. The zero-order chi connectivity index (χ0) is 24.0. The van der Waals surface area contributed by atoms with Crippen LogP contribution in [0.5, 0.6) is 0 Å². The highest BCUT2D eigenvalue weighted by atomic mass is 32.2. The van der Waals surface area contributed by atoms with E-state index in [9.17, 15) is 18.0 Å². The number of piperidine rings is 1. The zero-order valence-electron chi connectivity index (χ0n) is 18.9. The third kappa shape index (κ3) is 5.24. The van der Waals surface area contributed by atoms with Crippen LogP contribution >= 0.6 is 0 Å². The largest absolute Gasteiger partial charge is 0.444 e. The molecule has 178 valence electrons. The smallest absolute Gasteiger partial charge is 0.410 e. The summed E-state index contributed by atoms with van der Waals surface area (Å²) in [6.07, 6.45) is 3.51. The van der Waals surface area contributed by atoms with E-state index < -0.39 is 15.4 Å². The number of ether oxygens (including phenoxy) is 1. The summed E-state index contributed by atoms with van der Waals surface area (Å²) in [7, 11) is -3.32. The topological polar surface area (TPSA) is 153 Å². The van der Waals surface area contributed by atoms with Crippen LogP contribution in [-0.4, -0.2) is 69.1 Å². The van der Waals surface area contributed by atoms with Crippen LogP contribution in [-0.2, 0) is 20.3 Å². The molecule has 0 atom stereocenters. The Labute approximate surface area is 189 Å². The fourth-order valence-electron chi connectivity index (χ4n) is 3.80. The van der Waals surface area contributed by atoms with Crippen LogP contribution in [0.2, 0.25) is 0 Å². The van der Waals surface area contributed by atoms with Gasteiger partial charge in [-0.15, -0.1) is 0 Å². The first-order valence-corrected chi connectivity index (χ1v) is 12.6. The molecule has 1 saturated heterocycles. The summed E-state index contributed by atoms with van der Waals surface area (Å²) in [5, 5.41) is 8.10. The van der Waals surface area contributed by atoms with Gasteiger partial charge < -0.3 is 19.1 Å². The fraction of sp³-hybridized carbons (Fsp3) is 0.550. The average Bonchev–Trinajstić information content (AvgIpc) is 3.31. The lowest BCUT2D eigenvalue weighted by molar-refractivity contribution is 0.0203. The summed E-state index contributed by atoms with van der Waals surface area (Å²) in [6, 6.07) is 1.50. The first-order chi connectivity index (χ1) is 15.4. The fourth-order valence-corrected chi connectivity index (χ4v) is 4.39. The summed E-state index contributed by atoms with van der Waals surface area (Å²) in [4.78, 5) is 33.3. The average molecular weight is 479 g/mol. The van der Waals surface area contributed by atoms with Gasteiger partial charge in [0.05, 0.1) is 11.9 Å². The van der Waals surface area contributed by atoms with E-state index >= 15 is 0 Å². The third-order valence-electron chi connectivity index (χ3n) is 5.19. The Bertz CT molecular complexity index is 1340. The molecular weight excluding hydrogens is 452 g/mol. The second-order valence-corrected chi connectivity index (χ2v) is 11.3. The van der Waals surface area contributed by atoms with Gasteiger partial charge in [-0.05, 0) is 33.6 Å². The van der Waals surface area contributed by atoms with Crippen molar-refractivity contribution < 1.29 is 22.5 Å². The van der Waals surface area contributed by atoms with E-state index in [1.165, 1.54) is 12.3 Å². The highest BCUT2D eigenvalue weighted by molar-refractivity contribution is 7.89. The van der Waals surface area contributed by atoms with Gasteiger partial charge in [0.25, 0.3) is 11.4 Å². The molecule has 0 aromatic carbocycles. The molecule has 1 N–H and O–H groups in total. The molecule has 3 aromatic rings. The zero-order valence-corrected chi connectivity index (χ0v) is 19.7. The molecule has 1 aliphatic heterocycles. The van der Waals surface area contributed by atoms with E-state index in [0.29, 0.717) is 42.8 Å². The van der Waals surface area contributed by atoms with E-state index in [-0.39, 0.29) is 35.0 Å². The highest BCUT2D eigenvalue weighted by Gasteiger charge is 2.29. The first-order valence-electron chi connectivity index (χ1n) is 10.5. The molecule has 4 rings (SSSR count). The number of nitrogens with zero attached hydrogens (tertiary/aromatic N) is 5. The highest BCUT2D eigenvalue weighted by Crippen LogP contribution is 2.30. The summed E-state index contributed by atoms with van der Waals surface area (Å²) in [5.41, 5.74) is 0.604. The SMILES string of the molecule is CC(C)(C)OC(=O)N1CCC(c2cc(=O)[nH]c3c(-c4nc(CS(C)(=O)=O)no4)cnn23)CC1. The van der Waals surface area contributed by atoms with Crippen LogP contribution in [0.3, 0.4) is 0 Å². The van der Waals surface area contributed by atoms with Crippen molar-refractivity contribution in [3.8, 4) is 11.5 Å². The van der Waals surface area contributed by atoms with Gasteiger partial charge >= 0.3 is 6.09 Å². The number of hydrogen-bond acceptors (Lipinski definition) is 9. The lowest BCUT2D eigenvalue weighted by atomic mass is 9.93. The molecule has 33 heavy (non-hydrogen) atoms. The van der Waals surface area contributed by atoms with Crippen molar-refractivity contribution in [3.05, 3.63) is 34.1 Å². The number of carbonyl (C=O) groups is 1. The number of hydrogen-bond donors (Lipinski definition) is 1. The number of aromatic nitrogens is 5. The Morgan fingerprint density at radius 2 is 2.00 bits per heavy atom. The van der Waals surface area contributed by atoms with Gasteiger partial charge in [0.2, 0.25) is 0 Å². The van der Waals surface area contributed by atoms with E-state index in [1.807, 2.05) is 20.8 Å². The summed E-state index contributed by atoms with van der Waals surface area (Å²) >= 11 is 0. The maximum Gasteiger partial charge on any atom is 0.410 e. The van der Waals surface area contributed by atoms with Crippen molar-refractivity contribution in [2.45, 2.75) is 50.9 Å². The molecule has 3 aromatic heterocycles. The maximum absolute atomic E-state index is 12.4. The Morgan fingerprint density at radius 1 is 1.30 bits per heavy atom. The van der Waals surface area contributed by atoms with Crippen LogP contribution in [0.15, 0.2) is 21.6 Å². The number of nitrogens with one attached hydrogen (secondary N) is 1. The second kappa shape index (κ2) is 8.28. The lowest BCUT2D eigenvalue weighted by Gasteiger charge is -2.33. The molecule has 1 fully saturated rings. The summed E-state index contributed by atoms with van der Waals surface area (Å²) < 4.78 is 35.2. The Hall–Kier alpha value is -3.22. The summed E-state index contributed by atoms with van der Waals surface area (Å²) in [5.74, 6) is -0.256. The molecule has 4 heterocycles. The maximum atomic E-state index is 12.4. The van der Waals surface area contributed by atoms with E-state index in [4.69, 9.17) is 9.26 Å². The van der Waals surface area contributed by atoms with E-state index in [0.717, 1.165) is 6.26 Å². The predicted octanol–water partition coefficient (Wildman–Crippen LogP) is 1.73. The molecule has 12 nitrogen and oxygen atoms in total. The minimum absolute atomic E-state index is 0.00437.